The van der Waals surface area contributed by atoms with E-state index in [2.05, 4.69) is 6.92 Å². The highest BCUT2D eigenvalue weighted by Gasteiger charge is 2.28. The van der Waals surface area contributed by atoms with Crippen LogP contribution >= 0.6 is 0 Å². The van der Waals surface area contributed by atoms with Crippen LogP contribution in [0.15, 0.2) is 0 Å². The van der Waals surface area contributed by atoms with E-state index in [4.69, 9.17) is 4.74 Å². The highest BCUT2D eigenvalue weighted by atomic mass is 16.6. The fourth-order valence-electron chi connectivity index (χ4n) is 1.86. The second-order valence-corrected chi connectivity index (χ2v) is 5.92. The van der Waals surface area contributed by atoms with E-state index >= 15 is 0 Å². The summed E-state index contributed by atoms with van der Waals surface area (Å²) in [6.07, 6.45) is 3.88. The molecule has 4 nitrogen and oxygen atoms in total. The average molecular weight is 271 g/mol. The number of nitrogens with zero attached hydrogens (tertiary/aromatic N) is 1. The average Bonchev–Trinajstić information content (AvgIpc) is 2.31. The van der Waals surface area contributed by atoms with E-state index in [0.29, 0.717) is 6.42 Å². The molecule has 112 valence electrons. The summed E-state index contributed by atoms with van der Waals surface area (Å²) in [4.78, 5) is 25.4. The number of hydrogen-bond acceptors (Lipinski definition) is 3. The number of amides is 1. The second kappa shape index (κ2) is 8.18. The number of ether oxygens (including phenoxy) is 1. The van der Waals surface area contributed by atoms with Gasteiger partial charge in [-0.1, -0.05) is 33.1 Å². The van der Waals surface area contributed by atoms with Crippen LogP contribution in [-0.2, 0) is 9.53 Å². The predicted molar refractivity (Wildman–Crippen MR) is 77.2 cm³/mol. The Hall–Kier alpha value is -1.06. The van der Waals surface area contributed by atoms with Crippen molar-refractivity contribution in [3.63, 3.8) is 0 Å². The van der Waals surface area contributed by atoms with Gasteiger partial charge in [0.1, 0.15) is 5.60 Å². The Morgan fingerprint density at radius 3 is 2.16 bits per heavy atom. The lowest BCUT2D eigenvalue weighted by atomic mass is 10.0. The summed E-state index contributed by atoms with van der Waals surface area (Å²) in [6, 6.07) is -0.355. The summed E-state index contributed by atoms with van der Waals surface area (Å²) in [5.74, 6) is 0.101. The molecule has 0 aliphatic heterocycles. The number of ketones is 1. The van der Waals surface area contributed by atoms with Gasteiger partial charge in [-0.15, -0.1) is 0 Å². The van der Waals surface area contributed by atoms with E-state index in [1.165, 1.54) is 4.90 Å². The molecule has 0 N–H and O–H groups in total. The van der Waals surface area contributed by atoms with Crippen LogP contribution in [0.3, 0.4) is 0 Å². The molecule has 0 rings (SSSR count). The van der Waals surface area contributed by atoms with Crippen LogP contribution in [0.4, 0.5) is 4.79 Å². The Bertz CT molecular complexity index is 294. The third-order valence-corrected chi connectivity index (χ3v) is 2.95. The molecule has 0 aromatic heterocycles. The largest absolute Gasteiger partial charge is 0.444 e. The van der Waals surface area contributed by atoms with E-state index in [1.807, 2.05) is 27.7 Å². The van der Waals surface area contributed by atoms with Crippen molar-refractivity contribution in [2.75, 3.05) is 7.05 Å². The van der Waals surface area contributed by atoms with Crippen molar-refractivity contribution in [3.05, 3.63) is 0 Å². The number of likely N-dealkylation sites (N-methyl/N-ethyl adjacent to an activating group) is 1. The van der Waals surface area contributed by atoms with Gasteiger partial charge >= 0.3 is 6.09 Å². The van der Waals surface area contributed by atoms with Gasteiger partial charge in [0.15, 0.2) is 5.78 Å². The monoisotopic (exact) mass is 271 g/mol. The Morgan fingerprint density at radius 2 is 1.74 bits per heavy atom. The minimum atomic E-state index is -0.533. The van der Waals surface area contributed by atoms with Crippen molar-refractivity contribution < 1.29 is 14.3 Å². The van der Waals surface area contributed by atoms with Crippen LogP contribution < -0.4 is 0 Å². The van der Waals surface area contributed by atoms with Gasteiger partial charge in [0, 0.05) is 13.5 Å². The Labute approximate surface area is 117 Å². The summed E-state index contributed by atoms with van der Waals surface area (Å²) < 4.78 is 5.32. The highest BCUT2D eigenvalue weighted by molar-refractivity contribution is 5.87. The molecule has 0 bridgehead atoms. The van der Waals surface area contributed by atoms with Crippen molar-refractivity contribution >= 4 is 11.9 Å². The molecule has 0 unspecified atom stereocenters. The number of rotatable bonds is 7. The summed E-state index contributed by atoms with van der Waals surface area (Å²) in [5.41, 5.74) is -0.533. The van der Waals surface area contributed by atoms with Crippen molar-refractivity contribution in [1.29, 1.82) is 0 Å². The van der Waals surface area contributed by atoms with Crippen molar-refractivity contribution in [2.24, 2.45) is 0 Å². The lowest BCUT2D eigenvalue weighted by Crippen LogP contribution is -2.44. The van der Waals surface area contributed by atoms with Crippen molar-refractivity contribution in [2.45, 2.75) is 78.4 Å². The van der Waals surface area contributed by atoms with Gasteiger partial charge in [-0.3, -0.25) is 4.79 Å². The topological polar surface area (TPSA) is 46.6 Å². The number of unbranched alkanes of at least 4 members (excludes halogenated alkanes) is 2. The third-order valence-electron chi connectivity index (χ3n) is 2.95. The molecule has 0 radical (unpaired) electrons. The van der Waals surface area contributed by atoms with Gasteiger partial charge in [-0.2, -0.15) is 0 Å². The molecule has 0 aliphatic rings. The highest BCUT2D eigenvalue weighted by Crippen LogP contribution is 2.15. The van der Waals surface area contributed by atoms with Crippen LogP contribution in [0.1, 0.15) is 66.7 Å². The fourth-order valence-corrected chi connectivity index (χ4v) is 1.86. The van der Waals surface area contributed by atoms with Crippen LogP contribution in [0.5, 0.6) is 0 Å². The molecule has 0 aliphatic carbocycles. The molecule has 0 saturated heterocycles. The van der Waals surface area contributed by atoms with Crippen LogP contribution in [0, 0.1) is 0 Å². The van der Waals surface area contributed by atoms with E-state index in [-0.39, 0.29) is 11.8 Å². The SMILES string of the molecule is CCCCC[C@H](C(=O)CC)N(C)C(=O)OC(C)(C)C. The van der Waals surface area contributed by atoms with Gasteiger partial charge in [-0.05, 0) is 27.2 Å². The van der Waals surface area contributed by atoms with Crippen molar-refractivity contribution in [3.8, 4) is 0 Å². The summed E-state index contributed by atoms with van der Waals surface area (Å²) >= 11 is 0. The molecule has 0 aromatic rings. The van der Waals surface area contributed by atoms with Crippen molar-refractivity contribution in [1.82, 2.24) is 4.90 Å². The van der Waals surface area contributed by atoms with Gasteiger partial charge in [-0.25, -0.2) is 4.79 Å². The molecule has 4 heteroatoms. The second-order valence-electron chi connectivity index (χ2n) is 5.92. The molecule has 0 heterocycles. The Morgan fingerprint density at radius 1 is 1.16 bits per heavy atom. The van der Waals surface area contributed by atoms with E-state index in [0.717, 1.165) is 25.7 Å². The molecule has 1 atom stereocenters. The maximum atomic E-state index is 12.0. The fraction of sp³-hybridized carbons (Fsp3) is 0.867. The van der Waals surface area contributed by atoms with Gasteiger partial charge in [0.2, 0.25) is 0 Å². The molecule has 0 fully saturated rings. The lowest BCUT2D eigenvalue weighted by molar-refractivity contribution is -0.123. The lowest BCUT2D eigenvalue weighted by Gasteiger charge is -2.30. The first kappa shape index (κ1) is 17.9. The Balaban J connectivity index is 4.65. The van der Waals surface area contributed by atoms with Gasteiger partial charge in [0.25, 0.3) is 0 Å². The first-order valence-electron chi connectivity index (χ1n) is 7.21. The summed E-state index contributed by atoms with van der Waals surface area (Å²) in [5, 5.41) is 0. The molecular formula is C15H29NO3. The van der Waals surface area contributed by atoms with Gasteiger partial charge in [0.05, 0.1) is 6.04 Å². The minimum absolute atomic E-state index is 0.101. The van der Waals surface area contributed by atoms with E-state index < -0.39 is 11.7 Å². The zero-order valence-corrected chi connectivity index (χ0v) is 13.3. The number of Topliss-reactive ketones (excluding diaryl/α,β-unsaturated/α-hetero) is 1. The maximum absolute atomic E-state index is 12.0. The number of carbonyl (C=O) groups excluding carboxylic acids is 2. The zero-order valence-electron chi connectivity index (χ0n) is 13.3. The molecule has 0 saturated carbocycles. The predicted octanol–water partition coefficient (Wildman–Crippen LogP) is 3.78. The molecule has 19 heavy (non-hydrogen) atoms. The third kappa shape index (κ3) is 7.19. The number of hydrogen-bond donors (Lipinski definition) is 0. The van der Waals surface area contributed by atoms with Crippen LogP contribution in [0.2, 0.25) is 0 Å². The standard InChI is InChI=1S/C15H29NO3/c1-7-9-10-11-12(13(17)8-2)16(6)14(18)19-15(3,4)5/h12H,7-11H2,1-6H3/t12-/m1/s1. The smallest absolute Gasteiger partial charge is 0.410 e. The minimum Gasteiger partial charge on any atom is -0.444 e. The van der Waals surface area contributed by atoms with E-state index in [1.54, 1.807) is 7.05 Å². The zero-order chi connectivity index (χ0) is 15.1. The summed E-state index contributed by atoms with van der Waals surface area (Å²) in [7, 11) is 1.65. The molecular weight excluding hydrogens is 242 g/mol. The Kier molecular flexibility index (Phi) is 7.72. The molecule has 0 spiro atoms. The molecule has 1 amide bonds. The first-order valence-corrected chi connectivity index (χ1v) is 7.21. The maximum Gasteiger partial charge on any atom is 0.410 e. The van der Waals surface area contributed by atoms with Gasteiger partial charge < -0.3 is 9.64 Å². The van der Waals surface area contributed by atoms with E-state index in [9.17, 15) is 9.59 Å². The van der Waals surface area contributed by atoms with Crippen LogP contribution in [-0.4, -0.2) is 35.5 Å². The molecule has 0 aromatic carbocycles. The number of carbonyl (C=O) groups is 2. The quantitative estimate of drug-likeness (QED) is 0.662. The first-order chi connectivity index (χ1) is 8.72. The normalized spacial score (nSPS) is 12.9. The van der Waals surface area contributed by atoms with Crippen LogP contribution in [0.25, 0.3) is 0 Å². The summed E-state index contributed by atoms with van der Waals surface area (Å²) in [6.45, 7) is 9.43.